The fourth-order valence-electron chi connectivity index (χ4n) is 4.75. The second-order valence-electron chi connectivity index (χ2n) is 8.27. The van der Waals surface area contributed by atoms with Gasteiger partial charge in [-0.2, -0.15) is 0 Å². The summed E-state index contributed by atoms with van der Waals surface area (Å²) in [5.41, 5.74) is 3.45. The molecule has 5 rings (SSSR count). The first-order valence-electron chi connectivity index (χ1n) is 11.0. The van der Waals surface area contributed by atoms with E-state index in [2.05, 4.69) is 72.8 Å². The zero-order valence-corrected chi connectivity index (χ0v) is 17.6. The molecule has 1 saturated heterocycles. The molecule has 0 aromatic heterocycles. The molecule has 0 saturated carbocycles. The predicted molar refractivity (Wildman–Crippen MR) is 125 cm³/mol. The van der Waals surface area contributed by atoms with Crippen LogP contribution in [0.3, 0.4) is 0 Å². The van der Waals surface area contributed by atoms with Crippen LogP contribution >= 0.6 is 0 Å². The molecule has 3 nitrogen and oxygen atoms in total. The van der Waals surface area contributed by atoms with Gasteiger partial charge < -0.3 is 9.80 Å². The molecule has 1 aliphatic rings. The highest BCUT2D eigenvalue weighted by Gasteiger charge is 2.31. The summed E-state index contributed by atoms with van der Waals surface area (Å²) in [6, 6.07) is 36.0. The maximum absolute atomic E-state index is 13.2. The van der Waals surface area contributed by atoms with Gasteiger partial charge in [-0.25, -0.2) is 0 Å². The van der Waals surface area contributed by atoms with Crippen molar-refractivity contribution in [1.29, 1.82) is 0 Å². The summed E-state index contributed by atoms with van der Waals surface area (Å²) in [6.07, 6.45) is 0. The number of carbonyl (C=O) groups excluding carboxylic acids is 1. The zero-order chi connectivity index (χ0) is 21.0. The number of amides is 1. The third kappa shape index (κ3) is 4.10. The minimum absolute atomic E-state index is 0.140. The predicted octanol–water partition coefficient (Wildman–Crippen LogP) is 3.97. The zero-order valence-electron chi connectivity index (χ0n) is 17.6. The van der Waals surface area contributed by atoms with Crippen LogP contribution in [0.4, 0.5) is 0 Å². The lowest BCUT2D eigenvalue weighted by atomic mass is 9.96. The molecule has 0 atom stereocenters. The molecule has 0 spiro atoms. The molecular formula is C28H27N2O+. The molecule has 0 radical (unpaired) electrons. The Hall–Kier alpha value is -3.43. The van der Waals surface area contributed by atoms with E-state index in [4.69, 9.17) is 0 Å². The highest BCUT2D eigenvalue weighted by Crippen LogP contribution is 2.20. The molecule has 1 heterocycles. The second-order valence-corrected chi connectivity index (χ2v) is 8.27. The average molecular weight is 408 g/mol. The quantitative estimate of drug-likeness (QED) is 0.544. The molecule has 31 heavy (non-hydrogen) atoms. The van der Waals surface area contributed by atoms with E-state index in [0.29, 0.717) is 6.04 Å². The molecule has 1 N–H and O–H groups in total. The van der Waals surface area contributed by atoms with Crippen molar-refractivity contribution in [3.05, 3.63) is 120 Å². The highest BCUT2D eigenvalue weighted by atomic mass is 16.2. The molecule has 1 amide bonds. The SMILES string of the molecule is O=C(c1ccc2ccccc2c1)N1CC[NH+](C(c2ccccc2)c2ccccc2)CC1. The Balaban J connectivity index is 1.34. The van der Waals surface area contributed by atoms with Crippen LogP contribution in [0.1, 0.15) is 27.5 Å². The van der Waals surface area contributed by atoms with Gasteiger partial charge in [0.05, 0.1) is 26.2 Å². The molecule has 4 aromatic rings. The maximum Gasteiger partial charge on any atom is 0.254 e. The minimum Gasteiger partial charge on any atom is -0.327 e. The van der Waals surface area contributed by atoms with Crippen molar-refractivity contribution in [3.63, 3.8) is 0 Å². The van der Waals surface area contributed by atoms with E-state index in [-0.39, 0.29) is 5.91 Å². The number of hydrogen-bond donors (Lipinski definition) is 1. The van der Waals surface area contributed by atoms with E-state index in [1.165, 1.54) is 21.4 Å². The van der Waals surface area contributed by atoms with Crippen LogP contribution in [0.25, 0.3) is 10.8 Å². The van der Waals surface area contributed by atoms with Crippen LogP contribution in [0.15, 0.2) is 103 Å². The van der Waals surface area contributed by atoms with Crippen LogP contribution in [-0.4, -0.2) is 37.0 Å². The number of benzene rings is 4. The highest BCUT2D eigenvalue weighted by molar-refractivity contribution is 5.98. The van der Waals surface area contributed by atoms with E-state index in [1.54, 1.807) is 0 Å². The van der Waals surface area contributed by atoms with Crippen LogP contribution in [0.2, 0.25) is 0 Å². The Bertz CT molecular complexity index is 1130. The Morgan fingerprint density at radius 1 is 0.677 bits per heavy atom. The smallest absolute Gasteiger partial charge is 0.254 e. The molecule has 4 aromatic carbocycles. The molecule has 154 valence electrons. The van der Waals surface area contributed by atoms with Crippen molar-refractivity contribution in [2.45, 2.75) is 6.04 Å². The van der Waals surface area contributed by atoms with E-state index in [0.717, 1.165) is 37.1 Å². The summed E-state index contributed by atoms with van der Waals surface area (Å²) >= 11 is 0. The second kappa shape index (κ2) is 8.75. The van der Waals surface area contributed by atoms with Gasteiger partial charge in [0, 0.05) is 16.7 Å². The van der Waals surface area contributed by atoms with Gasteiger partial charge in [0.25, 0.3) is 5.91 Å². The molecule has 1 fully saturated rings. The van der Waals surface area contributed by atoms with Crippen molar-refractivity contribution >= 4 is 16.7 Å². The summed E-state index contributed by atoms with van der Waals surface area (Å²) in [5.74, 6) is 0.140. The van der Waals surface area contributed by atoms with E-state index in [9.17, 15) is 4.79 Å². The topological polar surface area (TPSA) is 24.8 Å². The van der Waals surface area contributed by atoms with Gasteiger partial charge in [0.2, 0.25) is 0 Å². The maximum atomic E-state index is 13.2. The molecule has 0 unspecified atom stereocenters. The van der Waals surface area contributed by atoms with Crippen molar-refractivity contribution in [2.75, 3.05) is 26.2 Å². The normalized spacial score (nSPS) is 14.8. The van der Waals surface area contributed by atoms with Crippen molar-refractivity contribution in [1.82, 2.24) is 4.90 Å². The molecule has 0 aliphatic carbocycles. The number of fused-ring (bicyclic) bond motifs is 1. The lowest BCUT2D eigenvalue weighted by Crippen LogP contribution is -3.15. The summed E-state index contributed by atoms with van der Waals surface area (Å²) in [5, 5.41) is 2.28. The number of nitrogens with one attached hydrogen (secondary N) is 1. The first kappa shape index (κ1) is 19.5. The van der Waals surface area contributed by atoms with Gasteiger partial charge in [-0.1, -0.05) is 91.0 Å². The van der Waals surface area contributed by atoms with Gasteiger partial charge in [0.15, 0.2) is 0 Å². The van der Waals surface area contributed by atoms with Gasteiger partial charge >= 0.3 is 0 Å². The fraction of sp³-hybridized carbons (Fsp3) is 0.179. The number of hydrogen-bond acceptors (Lipinski definition) is 1. The Labute approximate surface area is 183 Å². The first-order valence-corrected chi connectivity index (χ1v) is 11.0. The summed E-state index contributed by atoms with van der Waals surface area (Å²) in [4.78, 5) is 16.7. The average Bonchev–Trinajstić information content (AvgIpc) is 2.85. The van der Waals surface area contributed by atoms with Gasteiger partial charge in [-0.3, -0.25) is 4.79 Å². The van der Waals surface area contributed by atoms with E-state index >= 15 is 0 Å². The number of carbonyl (C=O) groups is 1. The summed E-state index contributed by atoms with van der Waals surface area (Å²) in [6.45, 7) is 3.43. The lowest BCUT2D eigenvalue weighted by Gasteiger charge is -2.37. The van der Waals surface area contributed by atoms with Gasteiger partial charge in [-0.15, -0.1) is 0 Å². The van der Waals surface area contributed by atoms with Crippen LogP contribution in [0.5, 0.6) is 0 Å². The fourth-order valence-corrected chi connectivity index (χ4v) is 4.75. The Morgan fingerprint density at radius 3 is 1.84 bits per heavy atom. The van der Waals surface area contributed by atoms with E-state index < -0.39 is 0 Å². The first-order chi connectivity index (χ1) is 15.3. The van der Waals surface area contributed by atoms with Crippen molar-refractivity contribution in [2.24, 2.45) is 0 Å². The van der Waals surface area contributed by atoms with Crippen molar-refractivity contribution in [3.8, 4) is 0 Å². The molecule has 1 aliphatic heterocycles. The number of piperazine rings is 1. The molecule has 0 bridgehead atoms. The third-order valence-corrected chi connectivity index (χ3v) is 6.36. The largest absolute Gasteiger partial charge is 0.327 e. The molecular weight excluding hydrogens is 380 g/mol. The minimum atomic E-state index is 0.140. The lowest BCUT2D eigenvalue weighted by molar-refractivity contribution is -0.929. The third-order valence-electron chi connectivity index (χ3n) is 6.36. The van der Waals surface area contributed by atoms with Gasteiger partial charge in [0.1, 0.15) is 6.04 Å². The van der Waals surface area contributed by atoms with Crippen LogP contribution in [-0.2, 0) is 0 Å². The Morgan fingerprint density at radius 2 is 1.23 bits per heavy atom. The monoisotopic (exact) mass is 407 g/mol. The Kier molecular flexibility index (Phi) is 5.51. The number of rotatable bonds is 4. The van der Waals surface area contributed by atoms with Crippen LogP contribution in [0, 0.1) is 0 Å². The van der Waals surface area contributed by atoms with Gasteiger partial charge in [-0.05, 0) is 22.9 Å². The summed E-state index contributed by atoms with van der Waals surface area (Å²) < 4.78 is 0. The standard InChI is InChI=1S/C28H26N2O/c31-28(26-16-15-22-9-7-8-14-25(22)21-26)30-19-17-29(18-20-30)27(23-10-3-1-4-11-23)24-12-5-2-6-13-24/h1-16,21,27H,17-20H2/p+1. The number of quaternary nitrogens is 1. The molecule has 3 heteroatoms. The van der Waals surface area contributed by atoms with E-state index in [1.807, 2.05) is 35.2 Å². The number of nitrogens with zero attached hydrogens (tertiary/aromatic N) is 1. The summed E-state index contributed by atoms with van der Waals surface area (Å²) in [7, 11) is 0. The van der Waals surface area contributed by atoms with Crippen molar-refractivity contribution < 1.29 is 9.69 Å². The van der Waals surface area contributed by atoms with Crippen LogP contribution < -0.4 is 4.90 Å².